The number of piperazine rings is 1. The zero-order chi connectivity index (χ0) is 13.3. The van der Waals surface area contributed by atoms with Crippen LogP contribution in [0.3, 0.4) is 0 Å². The molecule has 1 fully saturated rings. The summed E-state index contributed by atoms with van der Waals surface area (Å²) in [6.45, 7) is 4.52. The summed E-state index contributed by atoms with van der Waals surface area (Å²) in [5.41, 5.74) is 0. The first-order chi connectivity index (χ1) is 8.67. The molecule has 0 radical (unpaired) electrons. The Hall–Kier alpha value is -0.250. The van der Waals surface area contributed by atoms with Crippen LogP contribution in [0, 0.1) is 0 Å². The van der Waals surface area contributed by atoms with Gasteiger partial charge in [0.1, 0.15) is 0 Å². The fourth-order valence-corrected chi connectivity index (χ4v) is 2.84. The van der Waals surface area contributed by atoms with E-state index in [4.69, 9.17) is 9.47 Å². The maximum atomic E-state index is 11.8. The number of nitrogens with one attached hydrogen (secondary N) is 2. The molecule has 2 N–H and O–H groups in total. The second-order valence-corrected chi connectivity index (χ2v) is 5.76. The summed E-state index contributed by atoms with van der Waals surface area (Å²) in [5, 5.41) is 3.12. The van der Waals surface area contributed by atoms with Gasteiger partial charge in [0.15, 0.2) is 0 Å². The molecule has 0 aromatic heterocycles. The van der Waals surface area contributed by atoms with Crippen molar-refractivity contribution in [3.8, 4) is 0 Å². The second kappa shape index (κ2) is 8.78. The lowest BCUT2D eigenvalue weighted by molar-refractivity contribution is 0.0699. The molecular weight excluding hydrogens is 258 g/mol. The van der Waals surface area contributed by atoms with Gasteiger partial charge in [0.2, 0.25) is 0 Å². The van der Waals surface area contributed by atoms with Crippen molar-refractivity contribution < 1.29 is 17.9 Å². The monoisotopic (exact) mass is 281 g/mol. The smallest absolute Gasteiger partial charge is 0.279 e. The number of rotatable bonds is 9. The summed E-state index contributed by atoms with van der Waals surface area (Å²) in [6, 6.07) is 0. The fraction of sp³-hybridized carbons (Fsp3) is 1.00. The Morgan fingerprint density at radius 1 is 1.22 bits per heavy atom. The summed E-state index contributed by atoms with van der Waals surface area (Å²) in [5.74, 6) is 0. The van der Waals surface area contributed by atoms with E-state index in [1.807, 2.05) is 0 Å². The highest BCUT2D eigenvalue weighted by Crippen LogP contribution is 1.99. The highest BCUT2D eigenvalue weighted by atomic mass is 32.2. The van der Waals surface area contributed by atoms with Gasteiger partial charge in [-0.1, -0.05) is 0 Å². The van der Waals surface area contributed by atoms with Crippen LogP contribution in [-0.4, -0.2) is 72.4 Å². The maximum absolute atomic E-state index is 11.8. The van der Waals surface area contributed by atoms with E-state index in [1.54, 1.807) is 7.11 Å². The molecular formula is C10H23N3O4S. The molecule has 0 unspecified atom stereocenters. The molecule has 7 nitrogen and oxygen atoms in total. The molecule has 0 aromatic carbocycles. The van der Waals surface area contributed by atoms with E-state index in [9.17, 15) is 8.42 Å². The van der Waals surface area contributed by atoms with Crippen LogP contribution in [-0.2, 0) is 19.7 Å². The zero-order valence-corrected chi connectivity index (χ0v) is 11.7. The predicted octanol–water partition coefficient (Wildman–Crippen LogP) is -1.22. The van der Waals surface area contributed by atoms with Gasteiger partial charge >= 0.3 is 0 Å². The minimum atomic E-state index is -3.32. The Balaban J connectivity index is 2.09. The standard InChI is InChI=1S/C10H23N3O4S/c1-16-9-10-17-8-2-3-12-18(14,15)13-6-4-11-5-7-13/h11-12H,2-10H2,1H3. The molecule has 0 saturated carbocycles. The Morgan fingerprint density at radius 2 is 1.94 bits per heavy atom. The van der Waals surface area contributed by atoms with Crippen LogP contribution < -0.4 is 10.0 Å². The quantitative estimate of drug-likeness (QED) is 0.518. The topological polar surface area (TPSA) is 79.9 Å². The lowest BCUT2D eigenvalue weighted by Crippen LogP contribution is -2.50. The van der Waals surface area contributed by atoms with Crippen molar-refractivity contribution in [2.24, 2.45) is 0 Å². The van der Waals surface area contributed by atoms with Crippen molar-refractivity contribution in [3.05, 3.63) is 0 Å². The van der Waals surface area contributed by atoms with E-state index in [-0.39, 0.29) is 0 Å². The molecule has 1 rings (SSSR count). The lowest BCUT2D eigenvalue weighted by atomic mass is 10.4. The van der Waals surface area contributed by atoms with E-state index in [0.717, 1.165) is 0 Å². The Kier molecular flexibility index (Phi) is 7.71. The van der Waals surface area contributed by atoms with Crippen LogP contribution in [0.4, 0.5) is 0 Å². The van der Waals surface area contributed by atoms with E-state index in [0.29, 0.717) is 59.0 Å². The van der Waals surface area contributed by atoms with Crippen molar-refractivity contribution >= 4 is 10.2 Å². The summed E-state index contributed by atoms with van der Waals surface area (Å²) in [4.78, 5) is 0. The number of ether oxygens (including phenoxy) is 2. The lowest BCUT2D eigenvalue weighted by Gasteiger charge is -2.26. The van der Waals surface area contributed by atoms with Crippen LogP contribution in [0.15, 0.2) is 0 Å². The highest BCUT2D eigenvalue weighted by molar-refractivity contribution is 7.87. The van der Waals surface area contributed by atoms with Gasteiger partial charge in [-0.05, 0) is 6.42 Å². The maximum Gasteiger partial charge on any atom is 0.279 e. The molecule has 1 saturated heterocycles. The van der Waals surface area contributed by atoms with Crippen molar-refractivity contribution in [3.63, 3.8) is 0 Å². The molecule has 18 heavy (non-hydrogen) atoms. The van der Waals surface area contributed by atoms with Crippen molar-refractivity contribution in [2.45, 2.75) is 6.42 Å². The van der Waals surface area contributed by atoms with Gasteiger partial charge in [0.05, 0.1) is 13.2 Å². The molecule has 108 valence electrons. The van der Waals surface area contributed by atoms with Gasteiger partial charge < -0.3 is 14.8 Å². The van der Waals surface area contributed by atoms with Gasteiger partial charge in [-0.3, -0.25) is 0 Å². The Labute approximate surface area is 109 Å². The predicted molar refractivity (Wildman–Crippen MR) is 68.7 cm³/mol. The normalized spacial score (nSPS) is 18.1. The SMILES string of the molecule is COCCOCCCNS(=O)(=O)N1CCNCC1. The molecule has 0 bridgehead atoms. The summed E-state index contributed by atoms with van der Waals surface area (Å²) < 4.78 is 37.8. The van der Waals surface area contributed by atoms with Crippen LogP contribution in [0.25, 0.3) is 0 Å². The molecule has 0 aliphatic carbocycles. The average molecular weight is 281 g/mol. The molecule has 1 aliphatic rings. The van der Waals surface area contributed by atoms with Gasteiger partial charge in [-0.2, -0.15) is 12.7 Å². The van der Waals surface area contributed by atoms with Crippen LogP contribution in [0.2, 0.25) is 0 Å². The third-order valence-corrected chi connectivity index (χ3v) is 4.21. The van der Waals surface area contributed by atoms with Gasteiger partial charge in [0, 0.05) is 46.4 Å². The van der Waals surface area contributed by atoms with Crippen LogP contribution in [0.5, 0.6) is 0 Å². The van der Waals surface area contributed by atoms with Crippen LogP contribution >= 0.6 is 0 Å². The fourth-order valence-electron chi connectivity index (χ4n) is 1.60. The molecule has 1 heterocycles. The van der Waals surface area contributed by atoms with Gasteiger partial charge in [-0.25, -0.2) is 4.72 Å². The number of methoxy groups -OCH3 is 1. The third kappa shape index (κ3) is 6.07. The van der Waals surface area contributed by atoms with Gasteiger partial charge in [0.25, 0.3) is 10.2 Å². The first-order valence-electron chi connectivity index (χ1n) is 6.19. The summed E-state index contributed by atoms with van der Waals surface area (Å²) in [7, 11) is -1.70. The number of hydrogen-bond acceptors (Lipinski definition) is 5. The zero-order valence-electron chi connectivity index (χ0n) is 10.9. The van der Waals surface area contributed by atoms with Crippen molar-refractivity contribution in [2.75, 3.05) is 59.7 Å². The Bertz CT molecular complexity index is 304. The minimum Gasteiger partial charge on any atom is -0.382 e. The van der Waals surface area contributed by atoms with Crippen LogP contribution in [0.1, 0.15) is 6.42 Å². The molecule has 0 atom stereocenters. The van der Waals surface area contributed by atoms with E-state index < -0.39 is 10.2 Å². The molecule has 8 heteroatoms. The van der Waals surface area contributed by atoms with E-state index in [1.165, 1.54) is 4.31 Å². The van der Waals surface area contributed by atoms with Crippen molar-refractivity contribution in [1.29, 1.82) is 0 Å². The Morgan fingerprint density at radius 3 is 2.61 bits per heavy atom. The summed E-state index contributed by atoms with van der Waals surface area (Å²) >= 11 is 0. The minimum absolute atomic E-state index is 0.402. The molecule has 0 spiro atoms. The molecule has 1 aliphatic heterocycles. The van der Waals surface area contributed by atoms with Gasteiger partial charge in [-0.15, -0.1) is 0 Å². The highest BCUT2D eigenvalue weighted by Gasteiger charge is 2.22. The summed E-state index contributed by atoms with van der Waals surface area (Å²) in [6.07, 6.45) is 0.662. The average Bonchev–Trinajstić information content (AvgIpc) is 2.39. The number of nitrogens with zero attached hydrogens (tertiary/aromatic N) is 1. The third-order valence-electron chi connectivity index (χ3n) is 2.60. The molecule has 0 amide bonds. The first-order valence-corrected chi connectivity index (χ1v) is 7.63. The number of hydrogen-bond donors (Lipinski definition) is 2. The van der Waals surface area contributed by atoms with E-state index in [2.05, 4.69) is 10.0 Å². The largest absolute Gasteiger partial charge is 0.382 e. The second-order valence-electron chi connectivity index (χ2n) is 4.01. The first kappa shape index (κ1) is 15.8. The van der Waals surface area contributed by atoms with E-state index >= 15 is 0 Å². The molecule has 0 aromatic rings. The van der Waals surface area contributed by atoms with Crippen molar-refractivity contribution in [1.82, 2.24) is 14.3 Å².